The second kappa shape index (κ2) is 10.4. The average molecular weight is 513 g/mol. The molecule has 0 aromatic carbocycles. The molecule has 0 bridgehead atoms. The fraction of sp³-hybridized carbons (Fsp3) is 0.591. The van der Waals surface area contributed by atoms with E-state index in [-0.39, 0.29) is 43.0 Å². The number of hydrogen-bond acceptors (Lipinski definition) is 8. The number of rotatable bonds is 7. The molecular weight excluding hydrogens is 486 g/mol. The monoisotopic (exact) mass is 513 g/mol. The molecule has 0 spiro atoms. The first-order chi connectivity index (χ1) is 17.0. The predicted octanol–water partition coefficient (Wildman–Crippen LogP) is 1.92. The van der Waals surface area contributed by atoms with E-state index in [1.807, 2.05) is 6.92 Å². The van der Waals surface area contributed by atoms with Crippen LogP contribution in [0.3, 0.4) is 0 Å². The molecule has 4 atom stereocenters. The molecule has 2 aliphatic heterocycles. The fourth-order valence-electron chi connectivity index (χ4n) is 4.39. The molecular formula is C22H27F4N7O3. The Morgan fingerprint density at radius 2 is 1.92 bits per heavy atom. The lowest BCUT2D eigenvalue weighted by molar-refractivity contribution is -0.140. The van der Waals surface area contributed by atoms with E-state index in [2.05, 4.69) is 25.5 Å². The van der Waals surface area contributed by atoms with Crippen molar-refractivity contribution in [1.29, 1.82) is 0 Å². The van der Waals surface area contributed by atoms with Crippen molar-refractivity contribution in [3.63, 3.8) is 0 Å². The number of piperidine rings is 1. The van der Waals surface area contributed by atoms with Crippen molar-refractivity contribution < 1.29 is 27.1 Å². The van der Waals surface area contributed by atoms with Gasteiger partial charge in [0.05, 0.1) is 36.6 Å². The van der Waals surface area contributed by atoms with Crippen LogP contribution in [0.5, 0.6) is 0 Å². The van der Waals surface area contributed by atoms with Crippen molar-refractivity contribution in [1.82, 2.24) is 25.1 Å². The Bertz CT molecular complexity index is 1130. The summed E-state index contributed by atoms with van der Waals surface area (Å²) in [7, 11) is 0. The number of aromatic nitrogens is 4. The van der Waals surface area contributed by atoms with Crippen LogP contribution in [0, 0.1) is 6.92 Å². The second-order valence-electron chi connectivity index (χ2n) is 9.01. The van der Waals surface area contributed by atoms with Gasteiger partial charge in [0.1, 0.15) is 12.3 Å². The summed E-state index contributed by atoms with van der Waals surface area (Å²) < 4.78 is 59.0. The maximum Gasteiger partial charge on any atom is 0.419 e. The maximum atomic E-state index is 15.1. The summed E-state index contributed by atoms with van der Waals surface area (Å²) in [5.41, 5.74) is -0.216. The van der Waals surface area contributed by atoms with Gasteiger partial charge in [-0.05, 0) is 20.3 Å². The third kappa shape index (κ3) is 5.58. The van der Waals surface area contributed by atoms with Gasteiger partial charge in [0.15, 0.2) is 0 Å². The third-order valence-electron chi connectivity index (χ3n) is 6.40. The molecule has 2 aromatic heterocycles. The highest BCUT2D eigenvalue weighted by atomic mass is 19.4. The molecule has 0 unspecified atom stereocenters. The minimum Gasteiger partial charge on any atom is -0.379 e. The average Bonchev–Trinajstić information content (AvgIpc) is 3.20. The maximum absolute atomic E-state index is 15.1. The fourth-order valence-corrected chi connectivity index (χ4v) is 4.39. The molecule has 2 saturated heterocycles. The summed E-state index contributed by atoms with van der Waals surface area (Å²) in [6.45, 7) is 4.22. The minimum atomic E-state index is -4.55. The van der Waals surface area contributed by atoms with Crippen LogP contribution in [0.25, 0.3) is 0 Å². The van der Waals surface area contributed by atoms with E-state index in [0.717, 1.165) is 0 Å². The number of nitrogens with one attached hydrogen (secondary N) is 2. The quantitative estimate of drug-likeness (QED) is 0.540. The highest BCUT2D eigenvalue weighted by Gasteiger charge is 2.42. The Morgan fingerprint density at radius 3 is 2.58 bits per heavy atom. The van der Waals surface area contributed by atoms with E-state index < -0.39 is 30.1 Å². The van der Waals surface area contributed by atoms with Gasteiger partial charge in [-0.25, -0.2) is 19.5 Å². The number of H-pyrrole nitrogens is 1. The number of likely N-dealkylation sites (tertiary alicyclic amines) is 1. The number of ether oxygens (including phenoxy) is 1. The number of anilines is 2. The van der Waals surface area contributed by atoms with Crippen LogP contribution in [0.4, 0.5) is 29.2 Å². The van der Waals surface area contributed by atoms with Gasteiger partial charge in [-0.3, -0.25) is 9.59 Å². The first-order valence-electron chi connectivity index (χ1n) is 11.6. The van der Waals surface area contributed by atoms with Crippen molar-refractivity contribution in [2.45, 2.75) is 57.2 Å². The Morgan fingerprint density at radius 1 is 1.19 bits per heavy atom. The molecule has 4 rings (SSSR count). The largest absolute Gasteiger partial charge is 0.419 e. The van der Waals surface area contributed by atoms with E-state index in [9.17, 15) is 22.8 Å². The second-order valence-corrected chi connectivity index (χ2v) is 9.01. The summed E-state index contributed by atoms with van der Waals surface area (Å²) in [5, 5.41) is 9.24. The van der Waals surface area contributed by atoms with Gasteiger partial charge in [-0.1, -0.05) is 0 Å². The standard InChI is InChI=1S/C22H27F4N7O3/c1-12(30-16-9-29-31-19(34)13(16)2)11-36-18-4-6-33(20(18)35)17-3-5-32(10-15(17)23)21-27-7-14(8-28-21)22(24,25)26/h7-9,12,15,17-18H,3-6,10-11H2,1-2H3,(H2,30,31,34)/t12-,15+,17+,18+/m0/s1. The topological polar surface area (TPSA) is 116 Å². The number of amides is 1. The molecule has 10 nitrogen and oxygen atoms in total. The molecule has 1 amide bonds. The van der Waals surface area contributed by atoms with Gasteiger partial charge in [-0.2, -0.15) is 18.3 Å². The summed E-state index contributed by atoms with van der Waals surface area (Å²) in [4.78, 5) is 35.0. The Hall–Kier alpha value is -3.29. The van der Waals surface area contributed by atoms with Gasteiger partial charge in [0, 0.05) is 43.5 Å². The number of carbonyl (C=O) groups is 1. The number of halogens is 4. The Labute approximate surface area is 204 Å². The van der Waals surface area contributed by atoms with Gasteiger partial charge in [0.2, 0.25) is 5.95 Å². The number of nitrogens with zero attached hydrogens (tertiary/aromatic N) is 5. The summed E-state index contributed by atoms with van der Waals surface area (Å²) in [6, 6.07) is -0.868. The van der Waals surface area contributed by atoms with Crippen LogP contribution in [-0.2, 0) is 15.7 Å². The van der Waals surface area contributed by atoms with Crippen LogP contribution < -0.4 is 15.8 Å². The van der Waals surface area contributed by atoms with Crippen LogP contribution in [-0.4, -0.2) is 81.6 Å². The van der Waals surface area contributed by atoms with Gasteiger partial charge in [0.25, 0.3) is 11.5 Å². The molecule has 0 aliphatic carbocycles. The van der Waals surface area contributed by atoms with E-state index in [1.165, 1.54) is 16.0 Å². The highest BCUT2D eigenvalue weighted by molar-refractivity contribution is 5.83. The smallest absolute Gasteiger partial charge is 0.379 e. The SMILES string of the molecule is Cc1c(N[C@@H](C)CO[C@@H]2CCN([C@@H]3CCN(c4ncc(C(F)(F)F)cn4)C[C@H]3F)C2=O)cn[nH]c1=O. The minimum absolute atomic E-state index is 0.0189. The van der Waals surface area contributed by atoms with Gasteiger partial charge in [-0.15, -0.1) is 0 Å². The van der Waals surface area contributed by atoms with E-state index >= 15 is 4.39 Å². The Balaban J connectivity index is 1.28. The number of carbonyl (C=O) groups excluding carboxylic acids is 1. The van der Waals surface area contributed by atoms with Gasteiger partial charge < -0.3 is 19.9 Å². The summed E-state index contributed by atoms with van der Waals surface area (Å²) >= 11 is 0. The molecule has 14 heteroatoms. The lowest BCUT2D eigenvalue weighted by Crippen LogP contribution is -2.54. The van der Waals surface area contributed by atoms with Crippen molar-refractivity contribution >= 4 is 17.5 Å². The zero-order valence-corrected chi connectivity index (χ0v) is 19.8. The van der Waals surface area contributed by atoms with Gasteiger partial charge >= 0.3 is 6.18 Å². The van der Waals surface area contributed by atoms with E-state index in [0.29, 0.717) is 43.2 Å². The zero-order chi connectivity index (χ0) is 26.0. The molecule has 4 heterocycles. The molecule has 2 fully saturated rings. The Kier molecular flexibility index (Phi) is 7.43. The van der Waals surface area contributed by atoms with E-state index in [4.69, 9.17) is 4.74 Å². The molecule has 0 radical (unpaired) electrons. The molecule has 2 N–H and O–H groups in total. The predicted molar refractivity (Wildman–Crippen MR) is 121 cm³/mol. The first kappa shape index (κ1) is 25.8. The normalized spacial score (nSPS) is 23.7. The third-order valence-corrected chi connectivity index (χ3v) is 6.40. The highest BCUT2D eigenvalue weighted by Crippen LogP contribution is 2.30. The molecule has 196 valence electrons. The first-order valence-corrected chi connectivity index (χ1v) is 11.6. The van der Waals surface area contributed by atoms with E-state index in [1.54, 1.807) is 6.92 Å². The van der Waals surface area contributed by atoms with Crippen molar-refractivity contribution in [2.24, 2.45) is 0 Å². The molecule has 2 aromatic rings. The molecule has 36 heavy (non-hydrogen) atoms. The van der Waals surface area contributed by atoms with Crippen molar-refractivity contribution in [3.8, 4) is 0 Å². The van der Waals surface area contributed by atoms with Crippen LogP contribution in [0.1, 0.15) is 30.9 Å². The lowest BCUT2D eigenvalue weighted by atomic mass is 10.0. The van der Waals surface area contributed by atoms with Crippen LogP contribution >= 0.6 is 0 Å². The molecule has 2 aliphatic rings. The lowest BCUT2D eigenvalue weighted by Gasteiger charge is -2.39. The number of alkyl halides is 4. The number of hydrogen-bond donors (Lipinski definition) is 2. The zero-order valence-electron chi connectivity index (χ0n) is 19.8. The molecule has 0 saturated carbocycles. The van der Waals surface area contributed by atoms with Crippen molar-refractivity contribution in [2.75, 3.05) is 36.5 Å². The number of aromatic amines is 1. The summed E-state index contributed by atoms with van der Waals surface area (Å²) in [5.74, 6) is -0.270. The van der Waals surface area contributed by atoms with Crippen molar-refractivity contribution in [3.05, 3.63) is 40.1 Å². The summed E-state index contributed by atoms with van der Waals surface area (Å²) in [6.07, 6.45) is -3.10. The van der Waals surface area contributed by atoms with Crippen LogP contribution in [0.2, 0.25) is 0 Å². The van der Waals surface area contributed by atoms with Crippen LogP contribution in [0.15, 0.2) is 23.4 Å².